The Morgan fingerprint density at radius 3 is 2.12 bits per heavy atom. The molecular weight excluding hydrogens is 194 g/mol. The lowest BCUT2D eigenvalue weighted by atomic mass is 9.77. The van der Waals surface area contributed by atoms with Gasteiger partial charge in [0, 0.05) is 7.05 Å². The first-order valence-corrected chi connectivity index (χ1v) is 7.09. The first-order valence-electron chi connectivity index (χ1n) is 7.09. The first-order chi connectivity index (χ1) is 7.68. The molecule has 0 amide bonds. The second-order valence-corrected chi connectivity index (χ2v) is 5.37. The van der Waals surface area contributed by atoms with Gasteiger partial charge in [-0.2, -0.15) is 0 Å². The Kier molecular flexibility index (Phi) is 9.66. The Bertz CT molecular complexity index is 174. The summed E-state index contributed by atoms with van der Waals surface area (Å²) in [5, 5.41) is 0. The van der Waals surface area contributed by atoms with Crippen molar-refractivity contribution in [3.63, 3.8) is 0 Å². The van der Waals surface area contributed by atoms with E-state index in [1.807, 2.05) is 7.05 Å². The molecule has 1 unspecified atom stereocenters. The van der Waals surface area contributed by atoms with E-state index >= 15 is 0 Å². The van der Waals surface area contributed by atoms with E-state index in [2.05, 4.69) is 32.0 Å². The lowest BCUT2D eigenvalue weighted by Crippen LogP contribution is -2.17. The molecule has 0 spiro atoms. The Labute approximate surface area is 103 Å². The van der Waals surface area contributed by atoms with Gasteiger partial charge in [-0.25, -0.2) is 0 Å². The van der Waals surface area contributed by atoms with E-state index in [4.69, 9.17) is 0 Å². The van der Waals surface area contributed by atoms with Gasteiger partial charge in [-0.05, 0) is 30.9 Å². The number of rotatable bonds is 10. The van der Waals surface area contributed by atoms with Gasteiger partial charge in [-0.3, -0.25) is 0 Å². The van der Waals surface area contributed by atoms with Crippen molar-refractivity contribution in [2.45, 2.75) is 78.6 Å². The number of aliphatic imine (C=N–C) groups is 1. The maximum atomic E-state index is 4.15. The summed E-state index contributed by atoms with van der Waals surface area (Å²) < 4.78 is 0. The summed E-state index contributed by atoms with van der Waals surface area (Å²) in [6.07, 6.45) is 14.2. The predicted octanol–water partition coefficient (Wildman–Crippen LogP) is 5.24. The molecule has 0 heterocycles. The van der Waals surface area contributed by atoms with E-state index in [1.54, 1.807) is 0 Å². The molecule has 96 valence electrons. The minimum atomic E-state index is 0.503. The number of hydrogen-bond acceptors (Lipinski definition) is 1. The maximum Gasteiger partial charge on any atom is 0.0273 e. The Morgan fingerprint density at radius 2 is 1.56 bits per heavy atom. The van der Waals surface area contributed by atoms with Gasteiger partial charge in [-0.15, -0.1) is 0 Å². The van der Waals surface area contributed by atoms with Crippen molar-refractivity contribution in [3.8, 4) is 0 Å². The van der Waals surface area contributed by atoms with E-state index in [-0.39, 0.29) is 0 Å². The molecule has 0 saturated heterocycles. The van der Waals surface area contributed by atoms with Gasteiger partial charge < -0.3 is 4.99 Å². The molecule has 1 atom stereocenters. The molecule has 0 aromatic rings. The second-order valence-electron chi connectivity index (χ2n) is 5.37. The van der Waals surface area contributed by atoms with E-state index < -0.39 is 0 Å². The molecule has 0 radical (unpaired) electrons. The molecule has 0 N–H and O–H groups in total. The lowest BCUT2D eigenvalue weighted by Gasteiger charge is -2.28. The summed E-state index contributed by atoms with van der Waals surface area (Å²) >= 11 is 0. The van der Waals surface area contributed by atoms with Crippen LogP contribution in [0.1, 0.15) is 78.6 Å². The van der Waals surface area contributed by atoms with E-state index in [0.717, 1.165) is 6.42 Å². The Morgan fingerprint density at radius 1 is 0.938 bits per heavy atom. The summed E-state index contributed by atoms with van der Waals surface area (Å²) in [5.41, 5.74) is 0.503. The van der Waals surface area contributed by atoms with Crippen LogP contribution in [-0.2, 0) is 0 Å². The van der Waals surface area contributed by atoms with Crippen LogP contribution in [0, 0.1) is 5.41 Å². The van der Waals surface area contributed by atoms with Gasteiger partial charge in [0.25, 0.3) is 0 Å². The lowest BCUT2D eigenvalue weighted by molar-refractivity contribution is 0.266. The van der Waals surface area contributed by atoms with Crippen molar-refractivity contribution >= 4 is 6.21 Å². The standard InChI is InChI=1S/C15H31N/c1-5-7-9-10-12-15(3,11-8-6-2)13-14-16-4/h14H,5-13H2,1-4H3. The normalized spacial score (nSPS) is 15.5. The van der Waals surface area contributed by atoms with Gasteiger partial charge in [0.1, 0.15) is 0 Å². The fourth-order valence-electron chi connectivity index (χ4n) is 2.22. The molecule has 0 aliphatic rings. The third-order valence-electron chi connectivity index (χ3n) is 3.53. The van der Waals surface area contributed by atoms with Crippen LogP contribution in [0.5, 0.6) is 0 Å². The minimum absolute atomic E-state index is 0.503. The SMILES string of the molecule is CCCCCCC(C)(CC=NC)CCCC. The molecule has 0 bridgehead atoms. The molecule has 1 nitrogen and oxygen atoms in total. The molecule has 16 heavy (non-hydrogen) atoms. The molecule has 0 aliphatic heterocycles. The first kappa shape index (κ1) is 15.7. The highest BCUT2D eigenvalue weighted by atomic mass is 14.6. The fraction of sp³-hybridized carbons (Fsp3) is 0.933. The van der Waals surface area contributed by atoms with Gasteiger partial charge in [-0.1, -0.05) is 59.3 Å². The summed E-state index contributed by atoms with van der Waals surface area (Å²) in [5.74, 6) is 0. The zero-order chi connectivity index (χ0) is 12.3. The molecule has 1 heteroatoms. The van der Waals surface area contributed by atoms with Crippen LogP contribution in [0.25, 0.3) is 0 Å². The number of hydrogen-bond donors (Lipinski definition) is 0. The molecular formula is C15H31N. The average Bonchev–Trinajstić information content (AvgIpc) is 2.30. The summed E-state index contributed by atoms with van der Waals surface area (Å²) in [6.45, 7) is 7.00. The topological polar surface area (TPSA) is 12.4 Å². The molecule has 0 aliphatic carbocycles. The monoisotopic (exact) mass is 225 g/mol. The third-order valence-corrected chi connectivity index (χ3v) is 3.53. The van der Waals surface area contributed by atoms with E-state index in [0.29, 0.717) is 5.41 Å². The van der Waals surface area contributed by atoms with E-state index in [9.17, 15) is 0 Å². The molecule has 0 saturated carbocycles. The highest BCUT2D eigenvalue weighted by Crippen LogP contribution is 2.33. The molecule has 0 aromatic heterocycles. The fourth-order valence-corrected chi connectivity index (χ4v) is 2.22. The largest absolute Gasteiger partial charge is 0.301 e. The van der Waals surface area contributed by atoms with Crippen molar-refractivity contribution in [1.29, 1.82) is 0 Å². The van der Waals surface area contributed by atoms with Crippen molar-refractivity contribution in [2.24, 2.45) is 10.4 Å². The summed E-state index contributed by atoms with van der Waals surface area (Å²) in [6, 6.07) is 0. The number of nitrogens with zero attached hydrogens (tertiary/aromatic N) is 1. The molecule has 0 rings (SSSR count). The highest BCUT2D eigenvalue weighted by molar-refractivity contribution is 5.57. The zero-order valence-electron chi connectivity index (χ0n) is 11.9. The Balaban J connectivity index is 3.96. The molecule has 0 fully saturated rings. The van der Waals surface area contributed by atoms with Crippen LogP contribution in [-0.4, -0.2) is 13.3 Å². The van der Waals surface area contributed by atoms with Crippen molar-refractivity contribution in [3.05, 3.63) is 0 Å². The maximum absolute atomic E-state index is 4.15. The second kappa shape index (κ2) is 9.86. The van der Waals surface area contributed by atoms with Gasteiger partial charge in [0.15, 0.2) is 0 Å². The van der Waals surface area contributed by atoms with Crippen molar-refractivity contribution < 1.29 is 0 Å². The smallest absolute Gasteiger partial charge is 0.0273 e. The van der Waals surface area contributed by atoms with Crippen molar-refractivity contribution in [1.82, 2.24) is 0 Å². The van der Waals surface area contributed by atoms with Gasteiger partial charge in [0.2, 0.25) is 0 Å². The summed E-state index contributed by atoms with van der Waals surface area (Å²) in [4.78, 5) is 4.15. The van der Waals surface area contributed by atoms with Crippen LogP contribution < -0.4 is 0 Å². The highest BCUT2D eigenvalue weighted by Gasteiger charge is 2.21. The van der Waals surface area contributed by atoms with Crippen LogP contribution in [0.15, 0.2) is 4.99 Å². The zero-order valence-corrected chi connectivity index (χ0v) is 11.9. The van der Waals surface area contributed by atoms with Crippen LogP contribution in [0.2, 0.25) is 0 Å². The molecule has 0 aromatic carbocycles. The van der Waals surface area contributed by atoms with Crippen molar-refractivity contribution in [2.75, 3.05) is 7.05 Å². The quantitative estimate of drug-likeness (QED) is 0.356. The van der Waals surface area contributed by atoms with Gasteiger partial charge >= 0.3 is 0 Å². The Hall–Kier alpha value is -0.330. The van der Waals surface area contributed by atoms with E-state index in [1.165, 1.54) is 51.4 Å². The summed E-state index contributed by atoms with van der Waals surface area (Å²) in [7, 11) is 1.89. The minimum Gasteiger partial charge on any atom is -0.301 e. The van der Waals surface area contributed by atoms with Crippen LogP contribution in [0.3, 0.4) is 0 Å². The predicted molar refractivity (Wildman–Crippen MR) is 75.4 cm³/mol. The van der Waals surface area contributed by atoms with Crippen LogP contribution in [0.4, 0.5) is 0 Å². The van der Waals surface area contributed by atoms with Gasteiger partial charge in [0.05, 0.1) is 0 Å². The number of unbranched alkanes of at least 4 members (excludes halogenated alkanes) is 4. The average molecular weight is 225 g/mol. The third kappa shape index (κ3) is 7.90. The van der Waals surface area contributed by atoms with Crippen LogP contribution >= 0.6 is 0 Å².